The number of ether oxygens (including phenoxy) is 1. The van der Waals surface area contributed by atoms with Gasteiger partial charge in [-0.3, -0.25) is 0 Å². The Hall–Kier alpha value is -1.60. The molecule has 0 spiro atoms. The van der Waals surface area contributed by atoms with E-state index in [4.69, 9.17) is 4.74 Å². The molecule has 0 bridgehead atoms. The maximum absolute atomic E-state index is 12.6. The fourth-order valence-corrected chi connectivity index (χ4v) is 4.38. The van der Waals surface area contributed by atoms with Crippen molar-refractivity contribution in [2.24, 2.45) is 0 Å². The monoisotopic (exact) mass is 382 g/mol. The Morgan fingerprint density at radius 2 is 1.65 bits per heavy atom. The number of benzene rings is 1. The lowest BCUT2D eigenvalue weighted by molar-refractivity contribution is 0.0934. The van der Waals surface area contributed by atoms with E-state index in [2.05, 4.69) is 32.9 Å². The number of sulfonamides is 1. The van der Waals surface area contributed by atoms with Crippen LogP contribution in [0.3, 0.4) is 0 Å². The van der Waals surface area contributed by atoms with Gasteiger partial charge >= 0.3 is 6.09 Å². The second-order valence-corrected chi connectivity index (χ2v) is 9.69. The van der Waals surface area contributed by atoms with Gasteiger partial charge in [0, 0.05) is 26.2 Å². The van der Waals surface area contributed by atoms with E-state index in [9.17, 15) is 13.2 Å². The van der Waals surface area contributed by atoms with E-state index in [0.29, 0.717) is 39.2 Å². The molecule has 0 N–H and O–H groups in total. The Morgan fingerprint density at radius 3 is 2.15 bits per heavy atom. The van der Waals surface area contributed by atoms with Crippen molar-refractivity contribution in [3.8, 4) is 0 Å². The first-order chi connectivity index (χ1) is 12.1. The van der Waals surface area contributed by atoms with Crippen LogP contribution in [0.2, 0.25) is 0 Å². The number of piperazine rings is 1. The lowest BCUT2D eigenvalue weighted by Gasteiger charge is -2.33. The highest BCUT2D eigenvalue weighted by molar-refractivity contribution is 7.89. The zero-order chi connectivity index (χ0) is 19.4. The number of nitrogens with zero attached hydrogens (tertiary/aromatic N) is 2. The quantitative estimate of drug-likeness (QED) is 0.785. The molecule has 0 saturated carbocycles. The Balaban J connectivity index is 1.88. The summed E-state index contributed by atoms with van der Waals surface area (Å²) < 4.78 is 31.6. The summed E-state index contributed by atoms with van der Waals surface area (Å²) in [5.41, 5.74) is 2.34. The van der Waals surface area contributed by atoms with Gasteiger partial charge in [-0.2, -0.15) is 4.31 Å². The highest BCUT2D eigenvalue weighted by Gasteiger charge is 2.29. The number of hydrogen-bond acceptors (Lipinski definition) is 4. The summed E-state index contributed by atoms with van der Waals surface area (Å²) in [5, 5.41) is 0. The minimum atomic E-state index is -3.33. The molecule has 0 aromatic heterocycles. The van der Waals surface area contributed by atoms with Gasteiger partial charge in [-0.05, 0) is 29.9 Å². The average molecular weight is 383 g/mol. The van der Waals surface area contributed by atoms with Crippen LogP contribution in [0.25, 0.3) is 0 Å². The summed E-state index contributed by atoms with van der Waals surface area (Å²) in [6, 6.07) is 8.16. The fraction of sp³-hybridized carbons (Fsp3) is 0.632. The standard InChI is InChI=1S/C19H30N2O4S/c1-5-25-18(22)20-11-13-21(14-12-20)26(23,24)15-10-16-6-8-17(9-7-16)19(2,3)4/h6-9H,5,10-15H2,1-4H3. The Bertz CT molecular complexity index is 700. The van der Waals surface area contributed by atoms with Crippen molar-refractivity contribution in [1.82, 2.24) is 9.21 Å². The molecule has 1 aromatic carbocycles. The molecule has 1 saturated heterocycles. The third kappa shape index (κ3) is 5.45. The molecule has 0 radical (unpaired) electrons. The smallest absolute Gasteiger partial charge is 0.409 e. The number of rotatable bonds is 5. The lowest BCUT2D eigenvalue weighted by atomic mass is 9.86. The first-order valence-corrected chi connectivity index (χ1v) is 10.7. The van der Waals surface area contributed by atoms with Gasteiger partial charge in [0.05, 0.1) is 12.4 Å². The van der Waals surface area contributed by atoms with Gasteiger partial charge < -0.3 is 9.64 Å². The summed E-state index contributed by atoms with van der Waals surface area (Å²) in [6.45, 7) is 9.94. The Labute approximate surface area is 157 Å². The second-order valence-electron chi connectivity index (χ2n) is 7.60. The summed E-state index contributed by atoms with van der Waals surface area (Å²) in [6.07, 6.45) is 0.119. The van der Waals surface area contributed by atoms with Crippen molar-refractivity contribution in [1.29, 1.82) is 0 Å². The molecule has 26 heavy (non-hydrogen) atoms. The van der Waals surface area contributed by atoms with E-state index < -0.39 is 10.0 Å². The van der Waals surface area contributed by atoms with Crippen LogP contribution in [-0.2, 0) is 26.6 Å². The maximum Gasteiger partial charge on any atom is 0.409 e. The van der Waals surface area contributed by atoms with Crippen molar-refractivity contribution < 1.29 is 17.9 Å². The van der Waals surface area contributed by atoms with Crippen LogP contribution >= 0.6 is 0 Å². The summed E-state index contributed by atoms with van der Waals surface area (Å²) >= 11 is 0. The van der Waals surface area contributed by atoms with E-state index >= 15 is 0 Å². The van der Waals surface area contributed by atoms with Crippen LogP contribution in [0, 0.1) is 0 Å². The number of hydrogen-bond donors (Lipinski definition) is 0. The molecule has 1 fully saturated rings. The van der Waals surface area contributed by atoms with Gasteiger partial charge in [-0.25, -0.2) is 13.2 Å². The van der Waals surface area contributed by atoms with Crippen molar-refractivity contribution in [2.45, 2.75) is 39.5 Å². The molecule has 2 rings (SSSR count). The molecule has 1 aromatic rings. The van der Waals surface area contributed by atoms with E-state index in [0.717, 1.165) is 5.56 Å². The summed E-state index contributed by atoms with van der Waals surface area (Å²) in [7, 11) is -3.33. The number of aryl methyl sites for hydroxylation is 1. The van der Waals surface area contributed by atoms with Crippen LogP contribution in [0.15, 0.2) is 24.3 Å². The first kappa shape index (κ1) is 20.7. The third-order valence-electron chi connectivity index (χ3n) is 4.63. The molecule has 0 atom stereocenters. The minimum absolute atomic E-state index is 0.0846. The SMILES string of the molecule is CCOC(=O)N1CCN(S(=O)(=O)CCc2ccc(C(C)(C)C)cc2)CC1. The average Bonchev–Trinajstić information content (AvgIpc) is 2.60. The van der Waals surface area contributed by atoms with E-state index in [-0.39, 0.29) is 17.3 Å². The normalized spacial score (nSPS) is 16.5. The van der Waals surface area contributed by atoms with Crippen LogP contribution in [0.5, 0.6) is 0 Å². The predicted molar refractivity (Wildman–Crippen MR) is 103 cm³/mol. The van der Waals surface area contributed by atoms with Gasteiger partial charge in [-0.1, -0.05) is 45.0 Å². The van der Waals surface area contributed by atoms with Gasteiger partial charge in [0.1, 0.15) is 0 Å². The van der Waals surface area contributed by atoms with E-state index in [1.165, 1.54) is 9.87 Å². The van der Waals surface area contributed by atoms with Gasteiger partial charge in [-0.15, -0.1) is 0 Å². The van der Waals surface area contributed by atoms with E-state index in [1.807, 2.05) is 12.1 Å². The molecule has 1 aliphatic heterocycles. The van der Waals surface area contributed by atoms with Crippen molar-refractivity contribution in [3.63, 3.8) is 0 Å². The molecule has 1 heterocycles. The van der Waals surface area contributed by atoms with Crippen LogP contribution < -0.4 is 0 Å². The first-order valence-electron chi connectivity index (χ1n) is 9.12. The molecule has 7 heteroatoms. The molecule has 0 unspecified atom stereocenters. The Kier molecular flexibility index (Phi) is 6.69. The highest BCUT2D eigenvalue weighted by atomic mass is 32.2. The zero-order valence-electron chi connectivity index (χ0n) is 16.2. The number of amides is 1. The number of carbonyl (C=O) groups is 1. The zero-order valence-corrected chi connectivity index (χ0v) is 17.0. The fourth-order valence-electron chi connectivity index (χ4n) is 2.91. The molecule has 0 aliphatic carbocycles. The molecule has 146 valence electrons. The van der Waals surface area contributed by atoms with Crippen molar-refractivity contribution in [3.05, 3.63) is 35.4 Å². The molecule has 6 nitrogen and oxygen atoms in total. The van der Waals surface area contributed by atoms with E-state index in [1.54, 1.807) is 11.8 Å². The van der Waals surface area contributed by atoms with Crippen LogP contribution in [-0.4, -0.2) is 62.3 Å². The van der Waals surface area contributed by atoms with Gasteiger partial charge in [0.15, 0.2) is 0 Å². The third-order valence-corrected chi connectivity index (χ3v) is 6.50. The Morgan fingerprint density at radius 1 is 1.08 bits per heavy atom. The molecular formula is C19H30N2O4S. The summed E-state index contributed by atoms with van der Waals surface area (Å²) in [4.78, 5) is 13.3. The second kappa shape index (κ2) is 8.39. The highest BCUT2D eigenvalue weighted by Crippen LogP contribution is 2.22. The minimum Gasteiger partial charge on any atom is -0.450 e. The predicted octanol–water partition coefficient (Wildman–Crippen LogP) is 2.63. The summed E-state index contributed by atoms with van der Waals surface area (Å²) in [5.74, 6) is 0.0846. The van der Waals surface area contributed by atoms with Crippen LogP contribution in [0.1, 0.15) is 38.8 Å². The van der Waals surface area contributed by atoms with Gasteiger partial charge in [0.25, 0.3) is 0 Å². The molecule has 1 aliphatic rings. The number of carbonyl (C=O) groups excluding carboxylic acids is 1. The lowest BCUT2D eigenvalue weighted by Crippen LogP contribution is -2.51. The molecular weight excluding hydrogens is 352 g/mol. The largest absolute Gasteiger partial charge is 0.450 e. The van der Waals surface area contributed by atoms with Crippen molar-refractivity contribution >= 4 is 16.1 Å². The van der Waals surface area contributed by atoms with Crippen molar-refractivity contribution in [2.75, 3.05) is 38.5 Å². The van der Waals surface area contributed by atoms with Gasteiger partial charge in [0.2, 0.25) is 10.0 Å². The molecule has 1 amide bonds. The maximum atomic E-state index is 12.6. The van der Waals surface area contributed by atoms with Crippen LogP contribution in [0.4, 0.5) is 4.79 Å². The topological polar surface area (TPSA) is 66.9 Å².